The first kappa shape index (κ1) is 25.5. The van der Waals surface area contributed by atoms with Gasteiger partial charge in [-0.25, -0.2) is 9.59 Å². The minimum absolute atomic E-state index is 0.0392. The van der Waals surface area contributed by atoms with Crippen molar-refractivity contribution in [2.24, 2.45) is 0 Å². The van der Waals surface area contributed by atoms with Crippen molar-refractivity contribution in [3.63, 3.8) is 0 Å². The van der Waals surface area contributed by atoms with Gasteiger partial charge in [0.1, 0.15) is 0 Å². The maximum absolute atomic E-state index is 12.6. The lowest BCUT2D eigenvalue weighted by molar-refractivity contribution is 0.0686. The summed E-state index contributed by atoms with van der Waals surface area (Å²) in [6, 6.07) is 21.3. The maximum Gasteiger partial charge on any atom is 0.337 e. The molecule has 0 aromatic heterocycles. The smallest absolute Gasteiger partial charge is 0.337 e. The number of aromatic carboxylic acids is 2. The van der Waals surface area contributed by atoms with Crippen LogP contribution in [0.1, 0.15) is 41.4 Å². The predicted octanol–water partition coefficient (Wildman–Crippen LogP) is 4.42. The van der Waals surface area contributed by atoms with Gasteiger partial charge in [0, 0.05) is 11.4 Å². The summed E-state index contributed by atoms with van der Waals surface area (Å²) in [5.41, 5.74) is 13.0. The highest BCUT2D eigenvalue weighted by atomic mass is 16.4. The van der Waals surface area contributed by atoms with E-state index >= 15 is 0 Å². The summed E-state index contributed by atoms with van der Waals surface area (Å²) in [6.45, 7) is 0. The molecule has 2 amide bonds. The summed E-state index contributed by atoms with van der Waals surface area (Å²) >= 11 is 0. The number of nitrogen functional groups attached to an aromatic ring is 2. The number of anilines is 4. The first-order valence-corrected chi connectivity index (χ1v) is 11.2. The molecule has 0 fully saturated rings. The van der Waals surface area contributed by atoms with E-state index in [1.165, 1.54) is 36.4 Å². The van der Waals surface area contributed by atoms with Gasteiger partial charge in [0.05, 0.1) is 33.6 Å². The number of carbonyl (C=O) groups is 4. The second-order valence-electron chi connectivity index (χ2n) is 8.21. The summed E-state index contributed by atoms with van der Waals surface area (Å²) in [5, 5.41) is 24.6. The average Bonchev–Trinajstić information content (AvgIpc) is 2.89. The van der Waals surface area contributed by atoms with E-state index in [4.69, 9.17) is 11.5 Å². The Hall–Kier alpha value is -5.64. The molecule has 190 valence electrons. The first-order valence-electron chi connectivity index (χ1n) is 11.2. The Labute approximate surface area is 216 Å². The van der Waals surface area contributed by atoms with Gasteiger partial charge in [0.25, 0.3) is 11.8 Å². The molecule has 4 rings (SSSR count). The van der Waals surface area contributed by atoms with E-state index in [9.17, 15) is 29.4 Å². The van der Waals surface area contributed by atoms with Crippen LogP contribution in [0.3, 0.4) is 0 Å². The van der Waals surface area contributed by atoms with Crippen LogP contribution in [-0.2, 0) is 0 Å². The van der Waals surface area contributed by atoms with Crippen molar-refractivity contribution < 1.29 is 29.4 Å². The highest BCUT2D eigenvalue weighted by molar-refractivity contribution is 6.11. The maximum atomic E-state index is 12.6. The Kier molecular flexibility index (Phi) is 7.06. The third-order valence-electron chi connectivity index (χ3n) is 5.74. The quantitative estimate of drug-likeness (QED) is 0.197. The van der Waals surface area contributed by atoms with Crippen molar-refractivity contribution in [3.8, 4) is 11.1 Å². The fraction of sp³-hybridized carbons (Fsp3) is 0. The van der Waals surface area contributed by atoms with Crippen LogP contribution in [0.4, 0.5) is 22.7 Å². The van der Waals surface area contributed by atoms with Gasteiger partial charge >= 0.3 is 11.9 Å². The first-order chi connectivity index (χ1) is 18.2. The molecule has 0 aliphatic heterocycles. The zero-order valence-electron chi connectivity index (χ0n) is 19.8. The van der Waals surface area contributed by atoms with Gasteiger partial charge in [-0.05, 0) is 59.7 Å². The molecule has 0 radical (unpaired) electrons. The summed E-state index contributed by atoms with van der Waals surface area (Å²) in [4.78, 5) is 49.2. The molecule has 0 saturated heterocycles. The molecule has 0 spiro atoms. The highest BCUT2D eigenvalue weighted by Gasteiger charge is 2.19. The number of para-hydroxylation sites is 2. The Balaban J connectivity index is 1.65. The zero-order chi connectivity index (χ0) is 27.4. The van der Waals surface area contributed by atoms with Gasteiger partial charge in [-0.15, -0.1) is 0 Å². The fourth-order valence-corrected chi connectivity index (χ4v) is 3.81. The van der Waals surface area contributed by atoms with Gasteiger partial charge in [0.15, 0.2) is 0 Å². The third kappa shape index (κ3) is 5.29. The van der Waals surface area contributed by atoms with E-state index < -0.39 is 23.8 Å². The third-order valence-corrected chi connectivity index (χ3v) is 5.74. The van der Waals surface area contributed by atoms with Crippen molar-refractivity contribution in [1.29, 1.82) is 0 Å². The van der Waals surface area contributed by atoms with Crippen LogP contribution in [0.2, 0.25) is 0 Å². The Morgan fingerprint density at radius 3 is 1.24 bits per heavy atom. The minimum atomic E-state index is -1.30. The molecule has 0 unspecified atom stereocenters. The SMILES string of the molecule is Nc1ccccc1C(=O)Nc1ccc(-c2ccc(NC(=O)c3ccccc3N)c(C(=O)O)c2)cc1C(=O)O. The molecule has 10 heteroatoms. The van der Waals surface area contributed by atoms with Crippen LogP contribution in [-0.4, -0.2) is 34.0 Å². The number of rotatable bonds is 7. The van der Waals surface area contributed by atoms with E-state index in [-0.39, 0.29) is 45.0 Å². The summed E-state index contributed by atoms with van der Waals surface area (Å²) in [6.07, 6.45) is 0. The minimum Gasteiger partial charge on any atom is -0.478 e. The molecule has 38 heavy (non-hydrogen) atoms. The predicted molar refractivity (Wildman–Crippen MR) is 143 cm³/mol. The monoisotopic (exact) mass is 510 g/mol. The van der Waals surface area contributed by atoms with Gasteiger partial charge in [-0.1, -0.05) is 36.4 Å². The number of nitrogens with two attached hydrogens (primary N) is 2. The number of benzene rings is 4. The van der Waals surface area contributed by atoms with E-state index in [0.717, 1.165) is 0 Å². The van der Waals surface area contributed by atoms with Crippen LogP contribution >= 0.6 is 0 Å². The number of carboxylic acids is 2. The van der Waals surface area contributed by atoms with Crippen LogP contribution in [0.25, 0.3) is 11.1 Å². The highest BCUT2D eigenvalue weighted by Crippen LogP contribution is 2.30. The number of hydrogen-bond donors (Lipinski definition) is 6. The van der Waals surface area contributed by atoms with Gasteiger partial charge in [0.2, 0.25) is 0 Å². The summed E-state index contributed by atoms with van der Waals surface area (Å²) in [5.74, 6) is -3.76. The number of carbonyl (C=O) groups excluding carboxylic acids is 2. The van der Waals surface area contributed by atoms with Crippen molar-refractivity contribution in [2.45, 2.75) is 0 Å². The van der Waals surface area contributed by atoms with E-state index in [1.54, 1.807) is 48.5 Å². The lowest BCUT2D eigenvalue weighted by atomic mass is 9.98. The topological polar surface area (TPSA) is 185 Å². The average molecular weight is 511 g/mol. The van der Waals surface area contributed by atoms with Gasteiger partial charge < -0.3 is 32.3 Å². The normalized spacial score (nSPS) is 10.4. The lowest BCUT2D eigenvalue weighted by Gasteiger charge is -2.14. The van der Waals surface area contributed by atoms with Gasteiger partial charge in [-0.2, -0.15) is 0 Å². The molecule has 0 bridgehead atoms. The van der Waals surface area contributed by atoms with Crippen LogP contribution in [0.5, 0.6) is 0 Å². The molecule has 0 aliphatic rings. The van der Waals surface area contributed by atoms with Crippen LogP contribution in [0.15, 0.2) is 84.9 Å². The van der Waals surface area contributed by atoms with Crippen LogP contribution in [0, 0.1) is 0 Å². The number of carboxylic acid groups (broad SMARTS) is 2. The molecule has 0 atom stereocenters. The van der Waals surface area contributed by atoms with E-state index in [1.807, 2.05) is 0 Å². The standard InChI is InChI=1S/C28H22N4O6/c29-21-7-3-1-5-17(21)25(33)31-23-11-9-15(13-19(23)27(35)36)16-10-12-24(20(14-16)28(37)38)32-26(34)18-6-2-4-8-22(18)30/h1-14H,29-30H2,(H,31,33)(H,32,34)(H,35,36)(H,37,38). The number of amides is 2. The van der Waals surface area contributed by atoms with Crippen molar-refractivity contribution in [2.75, 3.05) is 22.1 Å². The van der Waals surface area contributed by atoms with Gasteiger partial charge in [-0.3, -0.25) is 9.59 Å². The number of nitrogens with one attached hydrogen (secondary N) is 2. The molecular weight excluding hydrogens is 488 g/mol. The molecule has 0 aliphatic carbocycles. The molecule has 4 aromatic carbocycles. The molecular formula is C28H22N4O6. The second-order valence-corrected chi connectivity index (χ2v) is 8.21. The van der Waals surface area contributed by atoms with Crippen molar-refractivity contribution >= 4 is 46.5 Å². The Morgan fingerprint density at radius 2 is 0.895 bits per heavy atom. The van der Waals surface area contributed by atoms with Crippen LogP contribution < -0.4 is 22.1 Å². The zero-order valence-corrected chi connectivity index (χ0v) is 19.8. The molecule has 10 nitrogen and oxygen atoms in total. The summed E-state index contributed by atoms with van der Waals surface area (Å²) < 4.78 is 0. The molecule has 0 saturated carbocycles. The molecule has 0 heterocycles. The number of hydrogen-bond acceptors (Lipinski definition) is 6. The molecule has 8 N–H and O–H groups in total. The fourth-order valence-electron chi connectivity index (χ4n) is 3.81. The summed E-state index contributed by atoms with van der Waals surface area (Å²) in [7, 11) is 0. The lowest BCUT2D eigenvalue weighted by Crippen LogP contribution is -2.16. The largest absolute Gasteiger partial charge is 0.478 e. The Bertz CT molecular complexity index is 1480. The molecule has 4 aromatic rings. The van der Waals surface area contributed by atoms with Crippen molar-refractivity contribution in [1.82, 2.24) is 0 Å². The van der Waals surface area contributed by atoms with E-state index in [0.29, 0.717) is 11.1 Å². The van der Waals surface area contributed by atoms with Crippen molar-refractivity contribution in [3.05, 3.63) is 107 Å². The Morgan fingerprint density at radius 1 is 0.526 bits per heavy atom. The second kappa shape index (κ2) is 10.5. The van der Waals surface area contributed by atoms with E-state index in [2.05, 4.69) is 10.6 Å².